The molecule has 2 aromatic heterocycles. The Labute approximate surface area is 97.5 Å². The quantitative estimate of drug-likeness (QED) is 0.858. The second kappa shape index (κ2) is 5.09. The fraction of sp³-hybridized carbons (Fsp3) is 0.400. The minimum absolute atomic E-state index is 0.555. The zero-order chi connectivity index (χ0) is 11.4. The number of nitrogens with zero attached hydrogens (tertiary/aromatic N) is 2. The number of hydrogen-bond donors (Lipinski definition) is 1. The monoisotopic (exact) mass is 239 g/mol. The van der Waals surface area contributed by atoms with E-state index in [4.69, 9.17) is 9.15 Å². The lowest BCUT2D eigenvalue weighted by Gasteiger charge is -1.92. The van der Waals surface area contributed by atoms with Gasteiger partial charge in [-0.2, -0.15) is 0 Å². The molecule has 0 aliphatic rings. The number of likely N-dealkylation sites (N-methyl/N-ethyl adjacent to an activating group) is 1. The summed E-state index contributed by atoms with van der Waals surface area (Å²) in [5, 5.41) is 12.9. The summed E-state index contributed by atoms with van der Waals surface area (Å²) >= 11 is 1.53. The van der Waals surface area contributed by atoms with Crippen LogP contribution in [-0.2, 0) is 6.42 Å². The molecular formula is C10H13N3O2S. The number of methoxy groups -OCH3 is 1. The predicted octanol–water partition coefficient (Wildman–Crippen LogP) is 1.57. The summed E-state index contributed by atoms with van der Waals surface area (Å²) in [6, 6.07) is 1.89. The third-order valence-corrected chi connectivity index (χ3v) is 2.97. The Morgan fingerprint density at radius 3 is 3.06 bits per heavy atom. The summed E-state index contributed by atoms with van der Waals surface area (Å²) < 4.78 is 10.6. The van der Waals surface area contributed by atoms with E-state index in [-0.39, 0.29) is 0 Å². The summed E-state index contributed by atoms with van der Waals surface area (Å²) in [7, 11) is 3.53. The number of nitrogens with one attached hydrogen (secondary N) is 1. The summed E-state index contributed by atoms with van der Waals surface area (Å²) in [6.45, 7) is 0.829. The predicted molar refractivity (Wildman–Crippen MR) is 61.8 cm³/mol. The molecule has 0 aromatic carbocycles. The molecule has 0 amide bonds. The Balaban J connectivity index is 2.11. The van der Waals surface area contributed by atoms with E-state index in [9.17, 15) is 0 Å². The molecule has 0 saturated carbocycles. The molecule has 0 aliphatic heterocycles. The molecule has 16 heavy (non-hydrogen) atoms. The summed E-state index contributed by atoms with van der Waals surface area (Å²) in [5.41, 5.74) is 0. The smallest absolute Gasteiger partial charge is 0.257 e. The van der Waals surface area contributed by atoms with Crippen LogP contribution < -0.4 is 10.1 Å². The second-order valence-electron chi connectivity index (χ2n) is 3.21. The molecule has 0 unspecified atom stereocenters. The van der Waals surface area contributed by atoms with E-state index in [0.29, 0.717) is 11.8 Å². The lowest BCUT2D eigenvalue weighted by atomic mass is 10.4. The van der Waals surface area contributed by atoms with Gasteiger partial charge in [-0.1, -0.05) is 0 Å². The summed E-state index contributed by atoms with van der Waals surface area (Å²) in [5.74, 6) is 2.02. The molecule has 1 N–H and O–H groups in total. The summed E-state index contributed by atoms with van der Waals surface area (Å²) in [4.78, 5) is 0.931. The van der Waals surface area contributed by atoms with Crippen molar-refractivity contribution < 1.29 is 9.15 Å². The molecule has 2 aromatic rings. The van der Waals surface area contributed by atoms with Crippen LogP contribution in [0, 0.1) is 0 Å². The zero-order valence-electron chi connectivity index (χ0n) is 9.19. The van der Waals surface area contributed by atoms with Crippen molar-refractivity contribution >= 4 is 11.3 Å². The molecule has 0 fully saturated rings. The van der Waals surface area contributed by atoms with E-state index in [1.807, 2.05) is 18.5 Å². The van der Waals surface area contributed by atoms with Crippen LogP contribution in [0.3, 0.4) is 0 Å². The second-order valence-corrected chi connectivity index (χ2v) is 4.12. The third kappa shape index (κ3) is 2.40. The van der Waals surface area contributed by atoms with Gasteiger partial charge in [0.05, 0.1) is 12.0 Å². The highest BCUT2D eigenvalue weighted by molar-refractivity contribution is 7.13. The van der Waals surface area contributed by atoms with Crippen molar-refractivity contribution in [2.24, 2.45) is 0 Å². The average molecular weight is 239 g/mol. The van der Waals surface area contributed by atoms with Gasteiger partial charge >= 0.3 is 0 Å². The van der Waals surface area contributed by atoms with Crippen molar-refractivity contribution in [3.8, 4) is 16.5 Å². The van der Waals surface area contributed by atoms with E-state index in [0.717, 1.165) is 23.6 Å². The molecule has 0 aliphatic carbocycles. The Hall–Kier alpha value is -1.40. The highest BCUT2D eigenvalue weighted by atomic mass is 32.1. The number of rotatable bonds is 5. The first-order valence-corrected chi connectivity index (χ1v) is 5.81. The highest BCUT2D eigenvalue weighted by Gasteiger charge is 2.10. The van der Waals surface area contributed by atoms with Crippen molar-refractivity contribution in [2.75, 3.05) is 20.7 Å². The lowest BCUT2D eigenvalue weighted by Crippen LogP contribution is -2.10. The Kier molecular flexibility index (Phi) is 3.53. The lowest BCUT2D eigenvalue weighted by molar-refractivity contribution is 0.416. The van der Waals surface area contributed by atoms with Gasteiger partial charge in [-0.3, -0.25) is 0 Å². The normalized spacial score (nSPS) is 10.6. The molecule has 0 radical (unpaired) electrons. The zero-order valence-corrected chi connectivity index (χ0v) is 10.0. The van der Waals surface area contributed by atoms with Crippen LogP contribution in [0.25, 0.3) is 10.8 Å². The maximum atomic E-state index is 5.52. The number of ether oxygens (including phenoxy) is 1. The van der Waals surface area contributed by atoms with Gasteiger partial charge in [0.2, 0.25) is 5.89 Å². The van der Waals surface area contributed by atoms with Crippen LogP contribution in [0.1, 0.15) is 5.89 Å². The van der Waals surface area contributed by atoms with Crippen LogP contribution in [0.15, 0.2) is 15.9 Å². The minimum Gasteiger partial charge on any atom is -0.496 e. The Morgan fingerprint density at radius 2 is 2.38 bits per heavy atom. The number of hydrogen-bond acceptors (Lipinski definition) is 6. The molecule has 6 heteroatoms. The first-order chi connectivity index (χ1) is 7.83. The van der Waals surface area contributed by atoms with Crippen LogP contribution in [0.2, 0.25) is 0 Å². The molecular weight excluding hydrogens is 226 g/mol. The van der Waals surface area contributed by atoms with Crippen LogP contribution >= 0.6 is 11.3 Å². The fourth-order valence-electron chi connectivity index (χ4n) is 1.22. The number of aromatic nitrogens is 2. The average Bonchev–Trinajstić information content (AvgIpc) is 2.94. The van der Waals surface area contributed by atoms with Gasteiger partial charge in [-0.15, -0.1) is 21.5 Å². The van der Waals surface area contributed by atoms with Gasteiger partial charge < -0.3 is 14.5 Å². The van der Waals surface area contributed by atoms with Gasteiger partial charge in [-0.05, 0) is 7.05 Å². The maximum Gasteiger partial charge on any atom is 0.257 e. The van der Waals surface area contributed by atoms with Gasteiger partial charge in [0.1, 0.15) is 5.75 Å². The number of thiophene rings is 1. The van der Waals surface area contributed by atoms with E-state index in [1.54, 1.807) is 7.11 Å². The van der Waals surface area contributed by atoms with Gasteiger partial charge in [-0.25, -0.2) is 0 Å². The first-order valence-electron chi connectivity index (χ1n) is 4.93. The molecule has 86 valence electrons. The first kappa shape index (κ1) is 11.1. The standard InChI is InChI=1S/C10H13N3O2S/c1-11-4-3-9-12-13-10(15-9)8-5-7(14-2)6-16-8/h5-6,11H,3-4H2,1-2H3. The van der Waals surface area contributed by atoms with E-state index < -0.39 is 0 Å². The van der Waals surface area contributed by atoms with E-state index in [2.05, 4.69) is 15.5 Å². The fourth-order valence-corrected chi connectivity index (χ4v) is 2.00. The molecule has 0 saturated heterocycles. The Morgan fingerprint density at radius 1 is 1.50 bits per heavy atom. The third-order valence-electron chi connectivity index (χ3n) is 2.08. The molecule has 0 bridgehead atoms. The molecule has 0 spiro atoms. The molecule has 2 rings (SSSR count). The van der Waals surface area contributed by atoms with E-state index in [1.165, 1.54) is 11.3 Å². The van der Waals surface area contributed by atoms with Crippen molar-refractivity contribution in [3.63, 3.8) is 0 Å². The summed E-state index contributed by atoms with van der Waals surface area (Å²) in [6.07, 6.45) is 0.742. The van der Waals surface area contributed by atoms with E-state index >= 15 is 0 Å². The largest absolute Gasteiger partial charge is 0.496 e. The van der Waals surface area contributed by atoms with Crippen molar-refractivity contribution in [2.45, 2.75) is 6.42 Å². The highest BCUT2D eigenvalue weighted by Crippen LogP contribution is 2.29. The van der Waals surface area contributed by atoms with Gasteiger partial charge in [0, 0.05) is 24.4 Å². The SMILES string of the molecule is CNCCc1nnc(-c2cc(OC)cs2)o1. The molecule has 0 atom stereocenters. The minimum atomic E-state index is 0.555. The van der Waals surface area contributed by atoms with Crippen LogP contribution in [0.5, 0.6) is 5.75 Å². The topological polar surface area (TPSA) is 60.2 Å². The molecule has 5 nitrogen and oxygen atoms in total. The van der Waals surface area contributed by atoms with Crippen LogP contribution in [0.4, 0.5) is 0 Å². The van der Waals surface area contributed by atoms with Crippen molar-refractivity contribution in [1.82, 2.24) is 15.5 Å². The maximum absolute atomic E-state index is 5.52. The molecule has 2 heterocycles. The Bertz CT molecular complexity index is 452. The van der Waals surface area contributed by atoms with Crippen molar-refractivity contribution in [1.29, 1.82) is 0 Å². The van der Waals surface area contributed by atoms with Crippen molar-refractivity contribution in [3.05, 3.63) is 17.3 Å². The van der Waals surface area contributed by atoms with Crippen LogP contribution in [-0.4, -0.2) is 30.9 Å². The van der Waals surface area contributed by atoms with Gasteiger partial charge in [0.15, 0.2) is 0 Å². The van der Waals surface area contributed by atoms with Gasteiger partial charge in [0.25, 0.3) is 5.89 Å².